The monoisotopic (exact) mass is 295 g/mol. The summed E-state index contributed by atoms with van der Waals surface area (Å²) < 4.78 is 4.13. The average Bonchev–Trinajstić information content (AvgIpc) is 3.04. The van der Waals surface area contributed by atoms with Crippen LogP contribution in [0.15, 0.2) is 12.1 Å². The van der Waals surface area contributed by atoms with Gasteiger partial charge in [0.25, 0.3) is 0 Å². The van der Waals surface area contributed by atoms with Crippen molar-refractivity contribution in [3.05, 3.63) is 32.5 Å². The average molecular weight is 295 g/mol. The molecule has 0 fully saturated rings. The normalized spacial score (nSPS) is 13.1. The lowest BCUT2D eigenvalue weighted by Crippen LogP contribution is -2.19. The molecule has 0 aliphatic heterocycles. The fraction of sp³-hybridized carbons (Fsp3) is 0.571. The van der Waals surface area contributed by atoms with Crippen molar-refractivity contribution in [2.24, 2.45) is 0 Å². The van der Waals surface area contributed by atoms with Gasteiger partial charge < -0.3 is 5.32 Å². The third kappa shape index (κ3) is 3.41. The Morgan fingerprint density at radius 1 is 1.26 bits per heavy atom. The van der Waals surface area contributed by atoms with Gasteiger partial charge in [-0.1, -0.05) is 25.3 Å². The summed E-state index contributed by atoms with van der Waals surface area (Å²) in [6.45, 7) is 6.55. The van der Waals surface area contributed by atoms with E-state index in [-0.39, 0.29) is 0 Å². The number of nitrogens with one attached hydrogen (secondary N) is 1. The van der Waals surface area contributed by atoms with Gasteiger partial charge >= 0.3 is 0 Å². The quantitative estimate of drug-likeness (QED) is 0.881. The second kappa shape index (κ2) is 6.59. The van der Waals surface area contributed by atoms with E-state index in [9.17, 15) is 0 Å². The van der Waals surface area contributed by atoms with E-state index in [0.29, 0.717) is 12.0 Å². The Labute approximate surface area is 123 Å². The molecule has 0 spiro atoms. The summed E-state index contributed by atoms with van der Waals surface area (Å²) in [5.74, 6) is 0.430. The van der Waals surface area contributed by atoms with Crippen LogP contribution in [-0.2, 0) is 12.8 Å². The molecule has 0 amide bonds. The van der Waals surface area contributed by atoms with Crippen LogP contribution in [-0.4, -0.2) is 16.6 Å². The van der Waals surface area contributed by atoms with E-state index in [1.54, 1.807) is 0 Å². The smallest absolute Gasteiger partial charge is 0.0829 e. The van der Waals surface area contributed by atoms with Gasteiger partial charge in [-0.25, -0.2) is 0 Å². The highest BCUT2D eigenvalue weighted by Crippen LogP contribution is 2.30. The van der Waals surface area contributed by atoms with E-state index < -0.39 is 0 Å². The molecule has 2 aromatic rings. The van der Waals surface area contributed by atoms with Crippen LogP contribution < -0.4 is 5.32 Å². The number of likely N-dealkylation sites (N-methyl/N-ethyl adjacent to an activating group) is 1. The number of hydrogen-bond donors (Lipinski definition) is 1. The lowest BCUT2D eigenvalue weighted by atomic mass is 10.0. The summed E-state index contributed by atoms with van der Waals surface area (Å²) in [5, 5.41) is 7.69. The molecule has 0 aliphatic carbocycles. The molecule has 0 radical (unpaired) electrons. The maximum absolute atomic E-state index is 4.28. The Kier molecular flexibility index (Phi) is 5.07. The second-order valence-electron chi connectivity index (χ2n) is 4.94. The molecule has 0 saturated carbocycles. The highest BCUT2D eigenvalue weighted by molar-refractivity contribution is 7.12. The van der Waals surface area contributed by atoms with Gasteiger partial charge in [-0.3, -0.25) is 0 Å². The van der Waals surface area contributed by atoms with Crippen molar-refractivity contribution in [1.29, 1.82) is 0 Å². The first-order valence-electron chi connectivity index (χ1n) is 6.72. The molecule has 0 aromatic carbocycles. The molecule has 0 saturated heterocycles. The number of aryl methyl sites for hydroxylation is 1. The SMILES string of the molecule is CCc1ccc(CC(NC)c2snnc2C(C)C)s1. The molecule has 3 nitrogen and oxygen atoms in total. The maximum Gasteiger partial charge on any atom is 0.0829 e. The minimum atomic E-state index is 0.320. The Balaban J connectivity index is 2.17. The predicted octanol–water partition coefficient (Wildman–Crippen LogP) is 3.79. The fourth-order valence-electron chi connectivity index (χ4n) is 2.10. The zero-order valence-electron chi connectivity index (χ0n) is 11.9. The number of rotatable bonds is 6. The zero-order chi connectivity index (χ0) is 13.8. The summed E-state index contributed by atoms with van der Waals surface area (Å²) in [6.07, 6.45) is 2.14. The van der Waals surface area contributed by atoms with Gasteiger partial charge in [-0.2, -0.15) is 0 Å². The molecule has 2 aromatic heterocycles. The summed E-state index contributed by atoms with van der Waals surface area (Å²) in [4.78, 5) is 4.17. The maximum atomic E-state index is 4.28. The molecule has 0 aliphatic rings. The molecule has 1 unspecified atom stereocenters. The van der Waals surface area contributed by atoms with Crippen LogP contribution in [0.2, 0.25) is 0 Å². The molecule has 2 rings (SSSR count). The number of thiophene rings is 1. The summed E-state index contributed by atoms with van der Waals surface area (Å²) in [5.41, 5.74) is 1.14. The molecule has 1 atom stereocenters. The van der Waals surface area contributed by atoms with Gasteiger partial charge in [0.15, 0.2) is 0 Å². The molecule has 5 heteroatoms. The van der Waals surface area contributed by atoms with Crippen LogP contribution in [0.25, 0.3) is 0 Å². The molecule has 1 N–H and O–H groups in total. The minimum Gasteiger partial charge on any atom is -0.312 e. The number of hydrogen-bond acceptors (Lipinski definition) is 5. The van der Waals surface area contributed by atoms with Crippen LogP contribution in [0.4, 0.5) is 0 Å². The minimum absolute atomic E-state index is 0.320. The zero-order valence-corrected chi connectivity index (χ0v) is 13.6. The van der Waals surface area contributed by atoms with Crippen LogP contribution in [0, 0.1) is 0 Å². The van der Waals surface area contributed by atoms with Crippen molar-refractivity contribution < 1.29 is 0 Å². The Hall–Kier alpha value is -0.780. The van der Waals surface area contributed by atoms with E-state index in [1.165, 1.54) is 26.2 Å². The third-order valence-electron chi connectivity index (χ3n) is 3.22. The van der Waals surface area contributed by atoms with Crippen LogP contribution >= 0.6 is 22.9 Å². The van der Waals surface area contributed by atoms with Crippen molar-refractivity contribution >= 4 is 22.9 Å². The first-order valence-corrected chi connectivity index (χ1v) is 8.31. The van der Waals surface area contributed by atoms with Gasteiger partial charge in [0, 0.05) is 22.2 Å². The molecule has 2 heterocycles. The number of aromatic nitrogens is 2. The van der Waals surface area contributed by atoms with E-state index in [1.807, 2.05) is 18.4 Å². The van der Waals surface area contributed by atoms with Crippen molar-refractivity contribution in [1.82, 2.24) is 14.9 Å². The largest absolute Gasteiger partial charge is 0.312 e. The Bertz CT molecular complexity index is 516. The first kappa shape index (κ1) is 14.6. The molecule has 0 bridgehead atoms. The van der Waals surface area contributed by atoms with Crippen molar-refractivity contribution in [2.75, 3.05) is 7.05 Å². The summed E-state index contributed by atoms with van der Waals surface area (Å²) >= 11 is 3.44. The molecular formula is C14H21N3S2. The van der Waals surface area contributed by atoms with E-state index in [4.69, 9.17) is 0 Å². The Morgan fingerprint density at radius 2 is 2.00 bits per heavy atom. The standard InChI is InChI=1S/C14H21N3S2/c1-5-10-6-7-11(18-10)8-12(15-4)14-13(9(2)3)16-17-19-14/h6-7,9,12,15H,5,8H2,1-4H3. The predicted molar refractivity (Wildman–Crippen MR) is 83.2 cm³/mol. The first-order chi connectivity index (χ1) is 9.15. The summed E-state index contributed by atoms with van der Waals surface area (Å²) in [6, 6.07) is 4.80. The van der Waals surface area contributed by atoms with Gasteiger partial charge in [0.2, 0.25) is 0 Å². The highest BCUT2D eigenvalue weighted by atomic mass is 32.1. The topological polar surface area (TPSA) is 37.8 Å². The second-order valence-corrected chi connectivity index (χ2v) is 6.98. The van der Waals surface area contributed by atoms with E-state index >= 15 is 0 Å². The molecule has 19 heavy (non-hydrogen) atoms. The lowest BCUT2D eigenvalue weighted by Gasteiger charge is -2.15. The van der Waals surface area contributed by atoms with Crippen LogP contribution in [0.1, 0.15) is 53.1 Å². The van der Waals surface area contributed by atoms with Crippen molar-refractivity contribution in [3.63, 3.8) is 0 Å². The van der Waals surface area contributed by atoms with Crippen LogP contribution in [0.5, 0.6) is 0 Å². The fourth-order valence-corrected chi connectivity index (χ4v) is 4.01. The van der Waals surface area contributed by atoms with Gasteiger partial charge in [-0.15, -0.1) is 16.4 Å². The molecule has 104 valence electrons. The highest BCUT2D eigenvalue weighted by Gasteiger charge is 2.20. The van der Waals surface area contributed by atoms with Crippen LogP contribution in [0.3, 0.4) is 0 Å². The van der Waals surface area contributed by atoms with Crippen molar-refractivity contribution in [3.8, 4) is 0 Å². The van der Waals surface area contributed by atoms with Gasteiger partial charge in [0.1, 0.15) is 0 Å². The number of nitrogens with zero attached hydrogens (tertiary/aromatic N) is 2. The van der Waals surface area contributed by atoms with E-state index in [0.717, 1.165) is 18.5 Å². The summed E-state index contributed by atoms with van der Waals surface area (Å²) in [7, 11) is 2.02. The van der Waals surface area contributed by atoms with Gasteiger partial charge in [-0.05, 0) is 43.1 Å². The molecular weight excluding hydrogens is 274 g/mol. The van der Waals surface area contributed by atoms with Gasteiger partial charge in [0.05, 0.1) is 10.6 Å². The third-order valence-corrected chi connectivity index (χ3v) is 5.33. The van der Waals surface area contributed by atoms with Crippen molar-refractivity contribution in [2.45, 2.75) is 45.6 Å². The lowest BCUT2D eigenvalue weighted by molar-refractivity contribution is 0.593. The Morgan fingerprint density at radius 3 is 2.58 bits per heavy atom. The van der Waals surface area contributed by atoms with E-state index in [2.05, 4.69) is 47.8 Å².